The van der Waals surface area contributed by atoms with E-state index >= 15 is 0 Å². The highest BCUT2D eigenvalue weighted by Crippen LogP contribution is 2.29. The van der Waals surface area contributed by atoms with E-state index in [1.54, 1.807) is 30.5 Å². The number of hydrogen-bond donors (Lipinski definition) is 5. The number of aromatic nitrogens is 1. The number of nitrogens with zero attached hydrogens (tertiary/aromatic N) is 1. The van der Waals surface area contributed by atoms with E-state index in [4.69, 9.17) is 32.7 Å². The smallest absolute Gasteiger partial charge is 0.253 e. The van der Waals surface area contributed by atoms with Crippen molar-refractivity contribution in [2.24, 2.45) is 0 Å². The number of rotatable bonds is 7. The van der Waals surface area contributed by atoms with Crippen LogP contribution in [-0.2, 0) is 11.3 Å². The predicted octanol–water partition coefficient (Wildman–Crippen LogP) is 1.92. The molecular formula is C24H26Cl2N2O7. The molecule has 1 aromatic heterocycles. The zero-order valence-corrected chi connectivity index (χ0v) is 20.3. The van der Waals surface area contributed by atoms with Crippen LogP contribution in [-0.4, -0.2) is 74.8 Å². The number of fused-ring (bicyclic) bond motifs is 1. The molecule has 0 spiro atoms. The van der Waals surface area contributed by atoms with Crippen LogP contribution >= 0.6 is 23.2 Å². The van der Waals surface area contributed by atoms with Gasteiger partial charge in [0, 0.05) is 24.2 Å². The van der Waals surface area contributed by atoms with Gasteiger partial charge in [-0.05, 0) is 36.8 Å². The van der Waals surface area contributed by atoms with Crippen LogP contribution in [0, 0.1) is 0 Å². The van der Waals surface area contributed by atoms with E-state index in [-0.39, 0.29) is 5.56 Å². The third-order valence-corrected chi connectivity index (χ3v) is 6.68. The first-order valence-corrected chi connectivity index (χ1v) is 11.8. The van der Waals surface area contributed by atoms with Crippen LogP contribution in [0.2, 0.25) is 10.0 Å². The summed E-state index contributed by atoms with van der Waals surface area (Å²) in [5, 5.41) is 44.0. The Kier molecular flexibility index (Phi) is 7.87. The Labute approximate surface area is 211 Å². The number of nitrogens with one attached hydrogen (secondary N) is 1. The molecule has 1 saturated heterocycles. The van der Waals surface area contributed by atoms with Crippen molar-refractivity contribution in [1.82, 2.24) is 9.88 Å². The maximum atomic E-state index is 13.2. The Morgan fingerprint density at radius 3 is 2.57 bits per heavy atom. The van der Waals surface area contributed by atoms with Crippen molar-refractivity contribution in [3.63, 3.8) is 0 Å². The van der Waals surface area contributed by atoms with Crippen molar-refractivity contribution < 1.29 is 34.7 Å². The molecule has 1 aliphatic heterocycles. The molecular weight excluding hydrogens is 499 g/mol. The fourth-order valence-electron chi connectivity index (χ4n) is 4.16. The maximum Gasteiger partial charge on any atom is 0.253 e. The van der Waals surface area contributed by atoms with Crippen molar-refractivity contribution in [2.75, 3.05) is 13.2 Å². The van der Waals surface area contributed by atoms with Crippen LogP contribution in [0.3, 0.4) is 0 Å². The summed E-state index contributed by atoms with van der Waals surface area (Å²) in [4.78, 5) is 13.2. The lowest BCUT2D eigenvalue weighted by Crippen LogP contribution is -2.64. The summed E-state index contributed by atoms with van der Waals surface area (Å²) in [7, 11) is 0. The summed E-state index contributed by atoms with van der Waals surface area (Å²) in [5.74, 6) is 0.0403. The lowest BCUT2D eigenvalue weighted by Gasteiger charge is -2.40. The van der Waals surface area contributed by atoms with E-state index in [9.17, 15) is 25.2 Å². The van der Waals surface area contributed by atoms with E-state index in [2.05, 4.69) is 5.32 Å². The number of carbonyl (C=O) groups excluding carboxylic acids is 1. The van der Waals surface area contributed by atoms with Crippen molar-refractivity contribution in [2.45, 2.75) is 44.1 Å². The fourth-order valence-corrected chi connectivity index (χ4v) is 4.48. The summed E-state index contributed by atoms with van der Waals surface area (Å²) < 4.78 is 12.6. The van der Waals surface area contributed by atoms with E-state index < -0.39 is 43.2 Å². The Morgan fingerprint density at radius 2 is 1.89 bits per heavy atom. The minimum Gasteiger partial charge on any atom is -0.494 e. The van der Waals surface area contributed by atoms with Crippen LogP contribution in [0.25, 0.3) is 10.9 Å². The van der Waals surface area contributed by atoms with Gasteiger partial charge >= 0.3 is 0 Å². The molecule has 35 heavy (non-hydrogen) atoms. The van der Waals surface area contributed by atoms with Crippen LogP contribution in [0.15, 0.2) is 42.6 Å². The summed E-state index contributed by atoms with van der Waals surface area (Å²) >= 11 is 12.2. The van der Waals surface area contributed by atoms with Gasteiger partial charge in [-0.15, -0.1) is 0 Å². The monoisotopic (exact) mass is 524 g/mol. The van der Waals surface area contributed by atoms with Gasteiger partial charge in [-0.25, -0.2) is 0 Å². The SMILES string of the molecule is CCOc1ccc2c(C(=O)N[C@H]3C(O)O[C@H](CO)[C@@H](O)[C@@H]3O)cn(Cc3ccc(Cl)c(Cl)c3)c2c1. The maximum absolute atomic E-state index is 13.2. The van der Waals surface area contributed by atoms with Crippen molar-refractivity contribution in [3.05, 3.63) is 63.8 Å². The predicted molar refractivity (Wildman–Crippen MR) is 130 cm³/mol. The van der Waals surface area contributed by atoms with E-state index in [1.807, 2.05) is 23.6 Å². The van der Waals surface area contributed by atoms with Gasteiger partial charge in [0.1, 0.15) is 30.1 Å². The molecule has 5 N–H and O–H groups in total. The third-order valence-electron chi connectivity index (χ3n) is 5.94. The minimum atomic E-state index is -1.62. The number of carbonyl (C=O) groups is 1. The number of amides is 1. The zero-order chi connectivity index (χ0) is 25.3. The normalized spacial score (nSPS) is 24.5. The molecule has 1 unspecified atom stereocenters. The zero-order valence-electron chi connectivity index (χ0n) is 18.8. The summed E-state index contributed by atoms with van der Waals surface area (Å²) in [5.41, 5.74) is 1.85. The molecule has 0 bridgehead atoms. The summed E-state index contributed by atoms with van der Waals surface area (Å²) in [6.45, 7) is 2.13. The fraction of sp³-hybridized carbons (Fsp3) is 0.375. The summed E-state index contributed by atoms with van der Waals surface area (Å²) in [6, 6.07) is 9.27. The molecule has 2 aromatic carbocycles. The first-order chi connectivity index (χ1) is 16.7. The Bertz CT molecular complexity index is 1220. The minimum absolute atomic E-state index is 0.279. The molecule has 2 heterocycles. The Balaban J connectivity index is 1.67. The topological polar surface area (TPSA) is 133 Å². The van der Waals surface area contributed by atoms with E-state index in [0.29, 0.717) is 39.8 Å². The van der Waals surface area contributed by atoms with Crippen LogP contribution < -0.4 is 10.1 Å². The van der Waals surface area contributed by atoms with E-state index in [0.717, 1.165) is 5.56 Å². The molecule has 1 aliphatic rings. The molecule has 0 radical (unpaired) electrons. The number of benzene rings is 2. The highest BCUT2D eigenvalue weighted by Gasteiger charge is 2.44. The number of aliphatic hydroxyl groups excluding tert-OH is 4. The van der Waals surface area contributed by atoms with Crippen molar-refractivity contribution in [3.8, 4) is 5.75 Å². The standard InChI is InChI=1S/C24H26Cl2N2O7/c1-2-34-13-4-5-14-15(23(32)27-20-22(31)21(30)19(11-29)35-24(20)33)10-28(18(14)8-13)9-12-3-6-16(25)17(26)7-12/h3-8,10,19-22,24,29-31,33H,2,9,11H2,1H3,(H,27,32)/t19-,20-,21-,22-,24?/m1/s1. The van der Waals surface area contributed by atoms with Gasteiger partial charge in [-0.2, -0.15) is 0 Å². The number of hydrogen-bond acceptors (Lipinski definition) is 7. The van der Waals surface area contributed by atoms with E-state index in [1.165, 1.54) is 0 Å². The quantitative estimate of drug-likeness (QED) is 0.318. The largest absolute Gasteiger partial charge is 0.494 e. The third kappa shape index (κ3) is 5.26. The molecule has 0 aliphatic carbocycles. The average molecular weight is 525 g/mol. The van der Waals surface area contributed by atoms with Gasteiger partial charge in [0.15, 0.2) is 6.29 Å². The van der Waals surface area contributed by atoms with Crippen LogP contribution in [0.4, 0.5) is 0 Å². The summed E-state index contributed by atoms with van der Waals surface area (Å²) in [6.07, 6.45) is -4.18. The molecule has 1 amide bonds. The lowest BCUT2D eigenvalue weighted by atomic mass is 9.96. The molecule has 1 fully saturated rings. The van der Waals surface area contributed by atoms with Gasteiger partial charge in [0.25, 0.3) is 5.91 Å². The van der Waals surface area contributed by atoms with Gasteiger partial charge in [-0.1, -0.05) is 29.3 Å². The highest BCUT2D eigenvalue weighted by atomic mass is 35.5. The highest BCUT2D eigenvalue weighted by molar-refractivity contribution is 6.42. The molecule has 188 valence electrons. The molecule has 5 atom stereocenters. The Hall–Kier alpha value is -2.37. The molecule has 11 heteroatoms. The van der Waals surface area contributed by atoms with Crippen LogP contribution in [0.1, 0.15) is 22.8 Å². The number of aliphatic hydroxyl groups is 4. The molecule has 3 aromatic rings. The second-order valence-electron chi connectivity index (χ2n) is 8.26. The number of halogens is 2. The van der Waals surface area contributed by atoms with Gasteiger partial charge in [0.2, 0.25) is 0 Å². The molecule has 0 saturated carbocycles. The first-order valence-electron chi connectivity index (χ1n) is 11.0. The second kappa shape index (κ2) is 10.7. The lowest BCUT2D eigenvalue weighted by molar-refractivity contribution is -0.252. The van der Waals surface area contributed by atoms with Crippen molar-refractivity contribution in [1.29, 1.82) is 0 Å². The van der Waals surface area contributed by atoms with Gasteiger partial charge in [-0.3, -0.25) is 4.79 Å². The number of ether oxygens (including phenoxy) is 2. The average Bonchev–Trinajstić information content (AvgIpc) is 3.19. The molecule has 4 rings (SSSR count). The van der Waals surface area contributed by atoms with Crippen LogP contribution in [0.5, 0.6) is 5.75 Å². The van der Waals surface area contributed by atoms with Gasteiger partial charge < -0.3 is 39.8 Å². The Morgan fingerprint density at radius 1 is 1.11 bits per heavy atom. The molecule has 9 nitrogen and oxygen atoms in total. The van der Waals surface area contributed by atoms with Crippen molar-refractivity contribution >= 4 is 40.0 Å². The van der Waals surface area contributed by atoms with Gasteiger partial charge in [0.05, 0.1) is 34.3 Å². The second-order valence-corrected chi connectivity index (χ2v) is 9.07. The first kappa shape index (κ1) is 25.7.